The molecular weight excluding hydrogens is 267 g/mol. The molecule has 2 rings (SSSR count). The molecule has 2 atom stereocenters. The summed E-state index contributed by atoms with van der Waals surface area (Å²) in [5.41, 5.74) is 0.394. The van der Waals surface area contributed by atoms with Crippen molar-refractivity contribution in [2.75, 3.05) is 6.61 Å². The third kappa shape index (κ3) is 2.41. The summed E-state index contributed by atoms with van der Waals surface area (Å²) in [6.45, 7) is 1.07. The van der Waals surface area contributed by atoms with E-state index >= 15 is 0 Å². The maximum absolute atomic E-state index is 5.68. The Balaban J connectivity index is 2.03. The normalized spacial score (nSPS) is 40.4. The van der Waals surface area contributed by atoms with Gasteiger partial charge >= 0.3 is 86.2 Å². The topological polar surface area (TPSA) is 12.5 Å². The van der Waals surface area contributed by atoms with E-state index in [0.717, 1.165) is 10.5 Å². The van der Waals surface area contributed by atoms with E-state index in [1.165, 1.54) is 32.1 Å². The van der Waals surface area contributed by atoms with Crippen LogP contribution >= 0.6 is 0 Å². The van der Waals surface area contributed by atoms with Gasteiger partial charge in [0.05, 0.1) is 0 Å². The summed E-state index contributed by atoms with van der Waals surface area (Å²) in [7, 11) is 0. The minimum atomic E-state index is -1.63. The van der Waals surface area contributed by atoms with Crippen molar-refractivity contribution < 1.29 is 4.74 Å². The Morgan fingerprint density at radius 3 is 2.46 bits per heavy atom. The Morgan fingerprint density at radius 1 is 1.23 bits per heavy atom. The van der Waals surface area contributed by atoms with Crippen molar-refractivity contribution in [1.29, 1.82) is 0 Å². The third-order valence-electron chi connectivity index (χ3n) is 3.83. The van der Waals surface area contributed by atoms with E-state index < -0.39 is 18.4 Å². The molecule has 0 bridgehead atoms. The van der Waals surface area contributed by atoms with E-state index in [4.69, 9.17) is 4.74 Å². The molecule has 0 aromatic heterocycles. The molecule has 76 valence electrons. The van der Waals surface area contributed by atoms with E-state index in [-0.39, 0.29) is 0 Å². The first-order valence-corrected chi connectivity index (χ1v) is 15.9. The summed E-state index contributed by atoms with van der Waals surface area (Å²) in [6, 6.07) is 0. The number of hydrogen-bond donors (Lipinski definition) is 0. The molecule has 1 aliphatic carbocycles. The fourth-order valence-corrected chi connectivity index (χ4v) is 8.46. The molecule has 1 aliphatic heterocycles. The molecule has 2 unspecified atom stereocenters. The Hall–Kier alpha value is 0.759. The molecule has 0 radical (unpaired) electrons. The molecule has 0 aromatic carbocycles. The minimum absolute atomic E-state index is 0.394. The van der Waals surface area contributed by atoms with Gasteiger partial charge in [-0.15, -0.1) is 0 Å². The summed E-state index contributed by atoms with van der Waals surface area (Å²) < 4.78 is 6.76. The molecule has 0 aromatic rings. The second-order valence-corrected chi connectivity index (χ2v) is 21.8. The molecule has 1 saturated heterocycles. The predicted molar refractivity (Wildman–Crippen MR) is 58.9 cm³/mol. The molecule has 0 N–H and O–H groups in total. The van der Waals surface area contributed by atoms with Crippen LogP contribution in [-0.4, -0.2) is 30.6 Å². The number of epoxide rings is 1. The van der Waals surface area contributed by atoms with Crippen LogP contribution in [0.25, 0.3) is 0 Å². The SMILES string of the molecule is [CH3][Sn]([CH3])([CH3])[CH]1CCCCC2(CO2)C1. The van der Waals surface area contributed by atoms with Gasteiger partial charge in [0.1, 0.15) is 0 Å². The van der Waals surface area contributed by atoms with Crippen molar-refractivity contribution in [3.8, 4) is 0 Å². The molecule has 13 heavy (non-hydrogen) atoms. The van der Waals surface area contributed by atoms with Crippen LogP contribution in [0.15, 0.2) is 0 Å². The van der Waals surface area contributed by atoms with Crippen molar-refractivity contribution in [2.24, 2.45) is 0 Å². The summed E-state index contributed by atoms with van der Waals surface area (Å²) in [5.74, 6) is 0. The average Bonchev–Trinajstić information content (AvgIpc) is 2.78. The predicted octanol–water partition coefficient (Wildman–Crippen LogP) is 3.43. The van der Waals surface area contributed by atoms with E-state index in [0.29, 0.717) is 5.60 Å². The van der Waals surface area contributed by atoms with Crippen LogP contribution in [-0.2, 0) is 4.74 Å². The zero-order chi connectivity index (χ0) is 9.53. The first-order chi connectivity index (χ1) is 6.02. The van der Waals surface area contributed by atoms with Gasteiger partial charge in [0.25, 0.3) is 0 Å². The Labute approximate surface area is 86.1 Å². The molecular formula is C11H22OSn. The van der Waals surface area contributed by atoms with Crippen LogP contribution in [0.1, 0.15) is 32.1 Å². The fourth-order valence-electron chi connectivity index (χ4n) is 2.59. The number of rotatable bonds is 1. The second-order valence-electron chi connectivity index (χ2n) is 5.98. The van der Waals surface area contributed by atoms with Crippen molar-refractivity contribution in [3.63, 3.8) is 0 Å². The van der Waals surface area contributed by atoms with Gasteiger partial charge in [-0.1, -0.05) is 0 Å². The quantitative estimate of drug-likeness (QED) is 0.532. The van der Waals surface area contributed by atoms with E-state index in [1.54, 1.807) is 0 Å². The van der Waals surface area contributed by atoms with Crippen LogP contribution in [0.4, 0.5) is 0 Å². The zero-order valence-electron chi connectivity index (χ0n) is 9.23. The maximum atomic E-state index is 5.68. The van der Waals surface area contributed by atoms with Gasteiger partial charge in [0, 0.05) is 0 Å². The number of ether oxygens (including phenoxy) is 1. The summed E-state index contributed by atoms with van der Waals surface area (Å²) in [6.07, 6.45) is 7.14. The van der Waals surface area contributed by atoms with Gasteiger partial charge in [-0.05, 0) is 0 Å². The Kier molecular flexibility index (Phi) is 2.69. The standard InChI is InChI=1S/C8H13O.3CH3.Sn/c1-2-4-6-8(5-3-1)7-9-8;;;;/h3H,1-2,4-7H2;3*1H3;. The first kappa shape index (κ1) is 10.3. The van der Waals surface area contributed by atoms with Crippen molar-refractivity contribution in [1.82, 2.24) is 0 Å². The third-order valence-corrected chi connectivity index (χ3v) is 12.2. The van der Waals surface area contributed by atoms with Gasteiger partial charge in [-0.2, -0.15) is 0 Å². The van der Waals surface area contributed by atoms with Crippen molar-refractivity contribution in [3.05, 3.63) is 0 Å². The first-order valence-electron chi connectivity index (χ1n) is 5.66. The van der Waals surface area contributed by atoms with Crippen LogP contribution in [0, 0.1) is 0 Å². The molecule has 1 spiro atoms. The monoisotopic (exact) mass is 290 g/mol. The van der Waals surface area contributed by atoms with Crippen LogP contribution in [0.5, 0.6) is 0 Å². The molecule has 2 aliphatic rings. The van der Waals surface area contributed by atoms with Crippen LogP contribution in [0.2, 0.25) is 18.8 Å². The summed E-state index contributed by atoms with van der Waals surface area (Å²) in [4.78, 5) is 7.75. The van der Waals surface area contributed by atoms with Crippen LogP contribution in [0.3, 0.4) is 0 Å². The van der Waals surface area contributed by atoms with E-state index in [9.17, 15) is 0 Å². The van der Waals surface area contributed by atoms with Gasteiger partial charge in [-0.3, -0.25) is 0 Å². The molecule has 1 nitrogen and oxygen atoms in total. The second kappa shape index (κ2) is 3.41. The van der Waals surface area contributed by atoms with Crippen LogP contribution < -0.4 is 0 Å². The zero-order valence-corrected chi connectivity index (χ0v) is 12.1. The molecule has 2 fully saturated rings. The summed E-state index contributed by atoms with van der Waals surface area (Å²) in [5, 5.41) is 0. The average molecular weight is 289 g/mol. The van der Waals surface area contributed by atoms with Gasteiger partial charge < -0.3 is 0 Å². The van der Waals surface area contributed by atoms with Crippen molar-refractivity contribution >= 4 is 18.4 Å². The molecule has 1 saturated carbocycles. The van der Waals surface area contributed by atoms with E-state index in [1.807, 2.05) is 0 Å². The van der Waals surface area contributed by atoms with Gasteiger partial charge in [0.15, 0.2) is 0 Å². The van der Waals surface area contributed by atoms with Gasteiger partial charge in [0.2, 0.25) is 0 Å². The Morgan fingerprint density at radius 2 is 1.92 bits per heavy atom. The van der Waals surface area contributed by atoms with E-state index in [2.05, 4.69) is 14.8 Å². The van der Waals surface area contributed by atoms with Crippen molar-refractivity contribution in [2.45, 2.75) is 56.5 Å². The summed E-state index contributed by atoms with van der Waals surface area (Å²) >= 11 is -1.63. The fraction of sp³-hybridized carbons (Fsp3) is 1.00. The molecule has 1 heterocycles. The Bertz CT molecular complexity index is 191. The number of hydrogen-bond acceptors (Lipinski definition) is 1. The van der Waals surface area contributed by atoms with Gasteiger partial charge in [-0.25, -0.2) is 0 Å². The molecule has 0 amide bonds. The molecule has 2 heteroatoms.